The van der Waals surface area contributed by atoms with Gasteiger partial charge in [-0.15, -0.1) is 22.9 Å². The lowest BCUT2D eigenvalue weighted by molar-refractivity contribution is 0.391. The molecule has 0 saturated carbocycles. The number of halogens is 1. The maximum Gasteiger partial charge on any atom is 0.241 e. The first-order chi connectivity index (χ1) is 6.29. The van der Waals surface area contributed by atoms with Gasteiger partial charge in [0.05, 0.1) is 0 Å². The molecule has 0 spiro atoms. The van der Waals surface area contributed by atoms with E-state index in [-0.39, 0.29) is 5.88 Å². The van der Waals surface area contributed by atoms with Crippen molar-refractivity contribution in [2.45, 2.75) is 12.8 Å². The van der Waals surface area contributed by atoms with Gasteiger partial charge >= 0.3 is 0 Å². The minimum atomic E-state index is 0.233. The van der Waals surface area contributed by atoms with E-state index in [0.29, 0.717) is 11.7 Å². The summed E-state index contributed by atoms with van der Waals surface area (Å²) in [6.45, 7) is 1.98. The molecule has 0 saturated heterocycles. The van der Waals surface area contributed by atoms with Crippen LogP contribution in [0.25, 0.3) is 10.8 Å². The first-order valence-electron chi connectivity index (χ1n) is 3.61. The highest BCUT2D eigenvalue weighted by Gasteiger charge is 2.10. The number of nitrogens with zero attached hydrogens (tertiary/aromatic N) is 3. The van der Waals surface area contributed by atoms with Crippen molar-refractivity contribution in [3.63, 3.8) is 0 Å². The number of hydrogen-bond acceptors (Lipinski definition) is 5. The maximum atomic E-state index is 5.52. The highest BCUT2D eigenvalue weighted by Crippen LogP contribution is 2.21. The molecule has 0 N–H and O–H groups in total. The molecular formula is C7H6ClN3OS. The first kappa shape index (κ1) is 8.65. The standard InChI is InChI=1S/C7H6ClN3OS/c1-4-3-9-7(13-4)6-10-5(2-8)12-11-6/h3H,2H2,1H3. The van der Waals surface area contributed by atoms with Gasteiger partial charge in [0, 0.05) is 11.1 Å². The van der Waals surface area contributed by atoms with Crippen LogP contribution in [-0.4, -0.2) is 15.1 Å². The third-order valence-electron chi connectivity index (χ3n) is 1.39. The predicted octanol–water partition coefficient (Wildman–Crippen LogP) is 2.24. The van der Waals surface area contributed by atoms with Crippen LogP contribution in [0.1, 0.15) is 10.8 Å². The molecule has 6 heteroatoms. The molecule has 0 aromatic carbocycles. The molecule has 0 radical (unpaired) electrons. The Kier molecular flexibility index (Phi) is 2.28. The number of alkyl halides is 1. The summed E-state index contributed by atoms with van der Waals surface area (Å²) >= 11 is 7.05. The first-order valence-corrected chi connectivity index (χ1v) is 4.96. The van der Waals surface area contributed by atoms with Gasteiger partial charge in [0.1, 0.15) is 5.88 Å². The fourth-order valence-electron chi connectivity index (χ4n) is 0.854. The van der Waals surface area contributed by atoms with Crippen LogP contribution in [0.4, 0.5) is 0 Å². The second-order valence-electron chi connectivity index (χ2n) is 2.42. The predicted molar refractivity (Wildman–Crippen MR) is 49.7 cm³/mol. The van der Waals surface area contributed by atoms with Crippen LogP contribution in [0.2, 0.25) is 0 Å². The lowest BCUT2D eigenvalue weighted by Crippen LogP contribution is -1.78. The van der Waals surface area contributed by atoms with E-state index in [0.717, 1.165) is 9.88 Å². The summed E-state index contributed by atoms with van der Waals surface area (Å²) in [5.74, 6) is 1.16. The molecule has 0 aliphatic rings. The number of rotatable bonds is 2. The topological polar surface area (TPSA) is 51.8 Å². The fourth-order valence-corrected chi connectivity index (χ4v) is 1.65. The van der Waals surface area contributed by atoms with Crippen LogP contribution in [-0.2, 0) is 5.88 Å². The quantitative estimate of drug-likeness (QED) is 0.721. The van der Waals surface area contributed by atoms with Crippen molar-refractivity contribution in [3.05, 3.63) is 17.0 Å². The van der Waals surface area contributed by atoms with E-state index in [9.17, 15) is 0 Å². The zero-order valence-electron chi connectivity index (χ0n) is 6.82. The molecule has 68 valence electrons. The SMILES string of the molecule is Cc1cnc(-c2noc(CCl)n2)s1. The van der Waals surface area contributed by atoms with Crippen molar-refractivity contribution in [3.8, 4) is 10.8 Å². The zero-order chi connectivity index (χ0) is 9.26. The average Bonchev–Trinajstić information content (AvgIpc) is 2.71. The van der Waals surface area contributed by atoms with Crippen molar-refractivity contribution in [1.82, 2.24) is 15.1 Å². The monoisotopic (exact) mass is 215 g/mol. The van der Waals surface area contributed by atoms with Gasteiger partial charge in [0.25, 0.3) is 0 Å². The molecular weight excluding hydrogens is 210 g/mol. The Bertz CT molecular complexity index is 411. The minimum Gasteiger partial charge on any atom is -0.338 e. The van der Waals surface area contributed by atoms with Crippen molar-refractivity contribution in [1.29, 1.82) is 0 Å². The molecule has 0 aliphatic heterocycles. The van der Waals surface area contributed by atoms with E-state index in [1.165, 1.54) is 11.3 Å². The summed E-state index contributed by atoms with van der Waals surface area (Å²) in [5, 5.41) is 4.51. The van der Waals surface area contributed by atoms with Crippen LogP contribution in [0, 0.1) is 6.92 Å². The molecule has 4 nitrogen and oxygen atoms in total. The third-order valence-corrected chi connectivity index (χ3v) is 2.53. The minimum absolute atomic E-state index is 0.233. The van der Waals surface area contributed by atoms with Gasteiger partial charge in [-0.2, -0.15) is 4.98 Å². The molecule has 2 aromatic heterocycles. The molecule has 2 aromatic rings. The summed E-state index contributed by atoms with van der Waals surface area (Å²) < 4.78 is 4.85. The largest absolute Gasteiger partial charge is 0.338 e. The Balaban J connectivity index is 2.35. The molecule has 0 atom stereocenters. The summed E-state index contributed by atoms with van der Waals surface area (Å²) in [4.78, 5) is 9.29. The zero-order valence-corrected chi connectivity index (χ0v) is 8.39. The molecule has 0 amide bonds. The molecule has 2 heterocycles. The van der Waals surface area contributed by atoms with E-state index < -0.39 is 0 Å². The van der Waals surface area contributed by atoms with Crippen molar-refractivity contribution in [2.24, 2.45) is 0 Å². The Morgan fingerprint density at radius 1 is 1.62 bits per heavy atom. The fraction of sp³-hybridized carbons (Fsp3) is 0.286. The smallest absolute Gasteiger partial charge is 0.241 e. The normalized spacial score (nSPS) is 10.6. The lowest BCUT2D eigenvalue weighted by Gasteiger charge is -1.80. The maximum absolute atomic E-state index is 5.52. The Hall–Kier alpha value is -0.940. The Morgan fingerprint density at radius 3 is 3.00 bits per heavy atom. The van der Waals surface area contributed by atoms with Gasteiger partial charge < -0.3 is 4.52 Å². The molecule has 0 bridgehead atoms. The van der Waals surface area contributed by atoms with Crippen LogP contribution >= 0.6 is 22.9 Å². The van der Waals surface area contributed by atoms with Gasteiger partial charge in [-0.1, -0.05) is 5.16 Å². The van der Waals surface area contributed by atoms with Crippen molar-refractivity contribution >= 4 is 22.9 Å². The van der Waals surface area contributed by atoms with Crippen LogP contribution in [0.5, 0.6) is 0 Å². The van der Waals surface area contributed by atoms with E-state index >= 15 is 0 Å². The number of aromatic nitrogens is 3. The molecule has 0 fully saturated rings. The van der Waals surface area contributed by atoms with Crippen molar-refractivity contribution < 1.29 is 4.52 Å². The number of hydrogen-bond donors (Lipinski definition) is 0. The Morgan fingerprint density at radius 2 is 2.46 bits per heavy atom. The number of aryl methyl sites for hydroxylation is 1. The lowest BCUT2D eigenvalue weighted by atomic mass is 10.6. The number of thiazole rings is 1. The third kappa shape index (κ3) is 1.71. The summed E-state index contributed by atoms with van der Waals surface area (Å²) in [5.41, 5.74) is 0. The summed E-state index contributed by atoms with van der Waals surface area (Å²) in [6, 6.07) is 0. The van der Waals surface area contributed by atoms with Crippen molar-refractivity contribution in [2.75, 3.05) is 0 Å². The second kappa shape index (κ2) is 3.43. The molecule has 0 unspecified atom stereocenters. The summed E-state index contributed by atoms with van der Waals surface area (Å²) in [7, 11) is 0. The molecule has 2 rings (SSSR count). The van der Waals surface area contributed by atoms with Gasteiger partial charge in [-0.25, -0.2) is 4.98 Å². The summed E-state index contributed by atoms with van der Waals surface area (Å²) in [6.07, 6.45) is 1.77. The van der Waals surface area contributed by atoms with Crippen LogP contribution in [0.3, 0.4) is 0 Å². The van der Waals surface area contributed by atoms with E-state index in [1.807, 2.05) is 6.92 Å². The van der Waals surface area contributed by atoms with E-state index in [4.69, 9.17) is 16.1 Å². The van der Waals surface area contributed by atoms with Crippen LogP contribution in [0.15, 0.2) is 10.7 Å². The van der Waals surface area contributed by atoms with E-state index in [1.54, 1.807) is 6.20 Å². The van der Waals surface area contributed by atoms with E-state index in [2.05, 4.69) is 15.1 Å². The van der Waals surface area contributed by atoms with Crippen LogP contribution < -0.4 is 0 Å². The van der Waals surface area contributed by atoms with Gasteiger partial charge in [-0.05, 0) is 6.92 Å². The highest BCUT2D eigenvalue weighted by molar-refractivity contribution is 7.14. The van der Waals surface area contributed by atoms with Gasteiger partial charge in [0.2, 0.25) is 11.7 Å². The van der Waals surface area contributed by atoms with Gasteiger partial charge in [0.15, 0.2) is 5.01 Å². The molecule has 13 heavy (non-hydrogen) atoms. The van der Waals surface area contributed by atoms with Gasteiger partial charge in [-0.3, -0.25) is 0 Å². The second-order valence-corrected chi connectivity index (χ2v) is 3.92. The average molecular weight is 216 g/mol. The highest BCUT2D eigenvalue weighted by atomic mass is 35.5. The Labute approximate surface area is 83.6 Å². The molecule has 0 aliphatic carbocycles.